The molecule has 0 saturated heterocycles. The van der Waals surface area contributed by atoms with Crippen molar-refractivity contribution in [1.82, 2.24) is 9.88 Å². The molecular weight excluding hydrogens is 220 g/mol. The van der Waals surface area contributed by atoms with Crippen molar-refractivity contribution in [1.29, 1.82) is 0 Å². The molecule has 0 spiro atoms. The molecule has 0 saturated carbocycles. The number of rotatable bonds is 3. The summed E-state index contributed by atoms with van der Waals surface area (Å²) in [6.07, 6.45) is 4.12. The lowest BCUT2D eigenvalue weighted by Gasteiger charge is -2.28. The number of aliphatic hydroxyl groups excluding tert-OH is 1. The average molecular weight is 234 g/mol. The molecule has 0 aromatic carbocycles. The number of pyridine rings is 1. The zero-order valence-electron chi connectivity index (χ0n) is 9.28. The summed E-state index contributed by atoms with van der Waals surface area (Å²) in [5.41, 5.74) is 1.25. The Morgan fingerprint density at radius 3 is 3.06 bits per heavy atom. The summed E-state index contributed by atoms with van der Waals surface area (Å²) < 4.78 is 0. The van der Waals surface area contributed by atoms with E-state index >= 15 is 0 Å². The topological polar surface area (TPSA) is 73.7 Å². The van der Waals surface area contributed by atoms with Gasteiger partial charge in [-0.2, -0.15) is 0 Å². The maximum Gasteiger partial charge on any atom is 0.332 e. The lowest BCUT2D eigenvalue weighted by Crippen LogP contribution is -2.38. The van der Waals surface area contributed by atoms with Gasteiger partial charge in [0.25, 0.3) is 0 Å². The minimum atomic E-state index is -0.972. The van der Waals surface area contributed by atoms with E-state index in [1.165, 1.54) is 6.08 Å². The van der Waals surface area contributed by atoms with Gasteiger partial charge in [0.15, 0.2) is 0 Å². The van der Waals surface area contributed by atoms with Crippen LogP contribution >= 0.6 is 0 Å². The van der Waals surface area contributed by atoms with E-state index in [9.17, 15) is 9.90 Å². The third-order valence-electron chi connectivity index (χ3n) is 2.64. The molecule has 0 fully saturated rings. The summed E-state index contributed by atoms with van der Waals surface area (Å²) in [5.74, 6) is -0.972. The van der Waals surface area contributed by atoms with E-state index in [1.807, 2.05) is 17.0 Å². The standard InChI is InChI=1S/C12H14N2O3/c15-11-4-10(12(16)17)7-14(8-11)6-9-2-1-3-13-5-9/h1-5,11,15H,6-8H2,(H,16,17). The van der Waals surface area contributed by atoms with Gasteiger partial charge in [0.05, 0.1) is 6.10 Å². The maximum atomic E-state index is 10.9. The quantitative estimate of drug-likeness (QED) is 0.785. The highest BCUT2D eigenvalue weighted by Gasteiger charge is 2.22. The molecule has 1 aliphatic heterocycles. The first-order valence-electron chi connectivity index (χ1n) is 5.38. The molecule has 1 unspecified atom stereocenters. The minimum Gasteiger partial charge on any atom is -0.478 e. The molecule has 2 heterocycles. The van der Waals surface area contributed by atoms with Crippen LogP contribution in [0.2, 0.25) is 0 Å². The van der Waals surface area contributed by atoms with E-state index in [-0.39, 0.29) is 5.57 Å². The second kappa shape index (κ2) is 5.07. The van der Waals surface area contributed by atoms with Crippen LogP contribution in [0.3, 0.4) is 0 Å². The highest BCUT2D eigenvalue weighted by molar-refractivity contribution is 5.87. The first kappa shape index (κ1) is 11.8. The lowest BCUT2D eigenvalue weighted by atomic mass is 10.1. The smallest absolute Gasteiger partial charge is 0.332 e. The fraction of sp³-hybridized carbons (Fsp3) is 0.333. The monoisotopic (exact) mass is 234 g/mol. The predicted molar refractivity (Wildman–Crippen MR) is 61.2 cm³/mol. The van der Waals surface area contributed by atoms with Gasteiger partial charge in [0.2, 0.25) is 0 Å². The average Bonchev–Trinajstić information content (AvgIpc) is 2.29. The lowest BCUT2D eigenvalue weighted by molar-refractivity contribution is -0.133. The Hall–Kier alpha value is -1.72. The van der Waals surface area contributed by atoms with E-state index < -0.39 is 12.1 Å². The molecule has 0 aliphatic carbocycles. The van der Waals surface area contributed by atoms with E-state index in [2.05, 4.69) is 4.98 Å². The zero-order valence-corrected chi connectivity index (χ0v) is 9.28. The van der Waals surface area contributed by atoms with E-state index in [0.717, 1.165) is 5.56 Å². The SMILES string of the molecule is O=C(O)C1=CC(O)CN(Cc2cccnc2)C1. The van der Waals surface area contributed by atoms with Crippen molar-refractivity contribution in [2.45, 2.75) is 12.6 Å². The van der Waals surface area contributed by atoms with Crippen molar-refractivity contribution in [3.05, 3.63) is 41.7 Å². The van der Waals surface area contributed by atoms with Crippen molar-refractivity contribution in [2.75, 3.05) is 13.1 Å². The summed E-state index contributed by atoms with van der Waals surface area (Å²) in [6.45, 7) is 1.39. The summed E-state index contributed by atoms with van der Waals surface area (Å²) in [7, 11) is 0. The summed E-state index contributed by atoms with van der Waals surface area (Å²) >= 11 is 0. The van der Waals surface area contributed by atoms with Gasteiger partial charge >= 0.3 is 5.97 Å². The predicted octanol–water partition coefficient (Wildman–Crippen LogP) is 0.269. The van der Waals surface area contributed by atoms with Crippen LogP contribution in [-0.2, 0) is 11.3 Å². The molecule has 2 N–H and O–H groups in total. The van der Waals surface area contributed by atoms with Gasteiger partial charge in [-0.05, 0) is 17.7 Å². The van der Waals surface area contributed by atoms with Gasteiger partial charge in [0, 0.05) is 37.6 Å². The molecule has 1 atom stereocenters. The highest BCUT2D eigenvalue weighted by atomic mass is 16.4. The Morgan fingerprint density at radius 2 is 2.41 bits per heavy atom. The normalized spacial score (nSPS) is 21.0. The number of carbonyl (C=O) groups is 1. The molecule has 17 heavy (non-hydrogen) atoms. The number of hydrogen-bond acceptors (Lipinski definition) is 4. The molecule has 90 valence electrons. The second-order valence-corrected chi connectivity index (χ2v) is 4.10. The molecule has 0 amide bonds. The molecule has 1 aliphatic rings. The molecule has 0 radical (unpaired) electrons. The maximum absolute atomic E-state index is 10.9. The first-order valence-corrected chi connectivity index (χ1v) is 5.38. The Bertz CT molecular complexity index is 431. The number of nitrogens with zero attached hydrogens (tertiary/aromatic N) is 2. The molecule has 5 heteroatoms. The van der Waals surface area contributed by atoms with Crippen molar-refractivity contribution in [2.24, 2.45) is 0 Å². The number of hydrogen-bond donors (Lipinski definition) is 2. The van der Waals surface area contributed by atoms with Crippen LogP contribution in [0, 0.1) is 0 Å². The fourth-order valence-electron chi connectivity index (χ4n) is 1.92. The number of β-amino-alcohol motifs (C(OH)–C–C–N with tert-alkyl or cyclic N) is 1. The van der Waals surface area contributed by atoms with Crippen molar-refractivity contribution < 1.29 is 15.0 Å². The van der Waals surface area contributed by atoms with Crippen molar-refractivity contribution in [3.8, 4) is 0 Å². The van der Waals surface area contributed by atoms with Gasteiger partial charge in [-0.25, -0.2) is 4.79 Å². The van der Waals surface area contributed by atoms with Crippen LogP contribution in [0.5, 0.6) is 0 Å². The molecule has 5 nitrogen and oxygen atoms in total. The number of carboxylic acids is 1. The van der Waals surface area contributed by atoms with Gasteiger partial charge in [-0.15, -0.1) is 0 Å². The molecule has 0 bridgehead atoms. The van der Waals surface area contributed by atoms with Crippen LogP contribution in [0.15, 0.2) is 36.2 Å². The zero-order chi connectivity index (χ0) is 12.3. The van der Waals surface area contributed by atoms with Crippen LogP contribution < -0.4 is 0 Å². The number of aliphatic carboxylic acids is 1. The largest absolute Gasteiger partial charge is 0.478 e. The van der Waals surface area contributed by atoms with E-state index in [0.29, 0.717) is 19.6 Å². The number of aromatic nitrogens is 1. The van der Waals surface area contributed by atoms with Crippen LogP contribution in [0.1, 0.15) is 5.56 Å². The van der Waals surface area contributed by atoms with Gasteiger partial charge in [-0.3, -0.25) is 9.88 Å². The third-order valence-corrected chi connectivity index (χ3v) is 2.64. The van der Waals surface area contributed by atoms with Crippen LogP contribution in [-0.4, -0.2) is 45.3 Å². The summed E-state index contributed by atoms with van der Waals surface area (Å²) in [6, 6.07) is 3.77. The minimum absolute atomic E-state index is 0.243. The van der Waals surface area contributed by atoms with Gasteiger partial charge in [0.1, 0.15) is 0 Å². The van der Waals surface area contributed by atoms with E-state index in [1.54, 1.807) is 12.4 Å². The second-order valence-electron chi connectivity index (χ2n) is 4.10. The van der Waals surface area contributed by atoms with Gasteiger partial charge in [-0.1, -0.05) is 6.07 Å². The summed E-state index contributed by atoms with van der Waals surface area (Å²) in [5, 5.41) is 18.5. The van der Waals surface area contributed by atoms with Crippen molar-refractivity contribution >= 4 is 5.97 Å². The van der Waals surface area contributed by atoms with Gasteiger partial charge < -0.3 is 10.2 Å². The Morgan fingerprint density at radius 1 is 1.59 bits per heavy atom. The van der Waals surface area contributed by atoms with Crippen molar-refractivity contribution in [3.63, 3.8) is 0 Å². The Balaban J connectivity index is 2.04. The molecule has 1 aromatic heterocycles. The fourth-order valence-corrected chi connectivity index (χ4v) is 1.92. The third kappa shape index (κ3) is 3.12. The first-order chi connectivity index (χ1) is 8.15. The highest BCUT2D eigenvalue weighted by Crippen LogP contribution is 2.13. The molecular formula is C12H14N2O3. The summed E-state index contributed by atoms with van der Waals surface area (Å²) in [4.78, 5) is 16.8. The number of carboxylic acid groups (broad SMARTS) is 1. The number of aliphatic hydroxyl groups is 1. The van der Waals surface area contributed by atoms with E-state index in [4.69, 9.17) is 5.11 Å². The Labute approximate surface area is 99.0 Å². The Kier molecular flexibility index (Phi) is 3.51. The van der Waals surface area contributed by atoms with Crippen LogP contribution in [0.25, 0.3) is 0 Å². The van der Waals surface area contributed by atoms with Crippen LogP contribution in [0.4, 0.5) is 0 Å². The molecule has 1 aromatic rings. The molecule has 2 rings (SSSR count).